The van der Waals surface area contributed by atoms with Gasteiger partial charge in [-0.3, -0.25) is 4.79 Å². The Morgan fingerprint density at radius 3 is 2.71 bits per heavy atom. The van der Waals surface area contributed by atoms with E-state index in [4.69, 9.17) is 9.47 Å². The number of ether oxygens (including phenoxy) is 2. The number of rotatable bonds is 6. The predicted molar refractivity (Wildman–Crippen MR) is 125 cm³/mol. The summed E-state index contributed by atoms with van der Waals surface area (Å²) in [7, 11) is 0. The fourth-order valence-electron chi connectivity index (χ4n) is 4.22. The van der Waals surface area contributed by atoms with E-state index in [9.17, 15) is 19.4 Å². The van der Waals surface area contributed by atoms with Crippen LogP contribution in [0.3, 0.4) is 0 Å². The number of halogens is 1. The second-order valence-corrected chi connectivity index (χ2v) is 8.16. The Hall–Kier alpha value is -4.04. The Bertz CT molecular complexity index is 1350. The molecule has 7 nitrogen and oxygen atoms in total. The van der Waals surface area contributed by atoms with Gasteiger partial charge in [0.1, 0.15) is 24.8 Å². The number of aliphatic hydroxyl groups excluding tert-OH is 1. The van der Waals surface area contributed by atoms with Crippen molar-refractivity contribution >= 4 is 16.8 Å². The molecule has 2 heterocycles. The van der Waals surface area contributed by atoms with Crippen molar-refractivity contribution in [3.8, 4) is 28.4 Å². The topological polar surface area (TPSA) is 104 Å². The molecule has 0 radical (unpaired) electrons. The van der Waals surface area contributed by atoms with Crippen LogP contribution in [-0.2, 0) is 6.42 Å². The zero-order valence-electron chi connectivity index (χ0n) is 18.2. The second kappa shape index (κ2) is 9.07. The fourth-order valence-corrected chi connectivity index (χ4v) is 4.22. The minimum atomic E-state index is -0.602. The number of phenolic OH excluding ortho intramolecular Hbond substituents is 1. The Morgan fingerprint density at radius 1 is 1.09 bits per heavy atom. The van der Waals surface area contributed by atoms with Gasteiger partial charge in [-0.15, -0.1) is 0 Å². The van der Waals surface area contributed by atoms with E-state index in [-0.39, 0.29) is 30.3 Å². The monoisotopic (exact) mass is 462 g/mol. The molecule has 1 aromatic heterocycles. The van der Waals surface area contributed by atoms with Crippen LogP contribution in [-0.4, -0.2) is 47.0 Å². The van der Waals surface area contributed by atoms with Gasteiger partial charge in [0.05, 0.1) is 18.2 Å². The van der Waals surface area contributed by atoms with Crippen LogP contribution in [0.5, 0.6) is 17.2 Å². The minimum absolute atomic E-state index is 0.202. The Balaban J connectivity index is 1.46. The average molecular weight is 462 g/mol. The molecule has 0 saturated carbocycles. The molecule has 1 aliphatic rings. The molecule has 4 aromatic rings. The van der Waals surface area contributed by atoms with Crippen LogP contribution in [0.2, 0.25) is 0 Å². The number of hydrogen-bond donors (Lipinski definition) is 4. The van der Waals surface area contributed by atoms with Crippen LogP contribution in [0.25, 0.3) is 22.0 Å². The zero-order valence-corrected chi connectivity index (χ0v) is 18.2. The smallest absolute Gasteiger partial charge is 0.255 e. The van der Waals surface area contributed by atoms with Gasteiger partial charge in [0.2, 0.25) is 0 Å². The van der Waals surface area contributed by atoms with Gasteiger partial charge in [-0.2, -0.15) is 0 Å². The van der Waals surface area contributed by atoms with E-state index >= 15 is 0 Å². The third-order valence-electron chi connectivity index (χ3n) is 5.80. The largest absolute Gasteiger partial charge is 0.508 e. The minimum Gasteiger partial charge on any atom is -0.508 e. The average Bonchev–Trinajstić information content (AvgIpc) is 3.25. The van der Waals surface area contributed by atoms with E-state index in [1.807, 2.05) is 30.5 Å². The fraction of sp³-hybridized carbons (Fsp3) is 0.192. The standard InChI is InChI=1S/C26H23FN2O5/c27-18-7-15(9-20(31)12-18)16-10-22(25-24(11-16)33-5-6-34-25)26(32)29-19(14-30)8-17-13-28-23-4-2-1-3-21(17)23/h1-4,7,9-13,19,28,30-31H,5-6,8,14H2,(H,29,32)/t19-/m1/s1. The lowest BCUT2D eigenvalue weighted by Gasteiger charge is -2.23. The Morgan fingerprint density at radius 2 is 1.88 bits per heavy atom. The summed E-state index contributed by atoms with van der Waals surface area (Å²) >= 11 is 0. The van der Waals surface area contributed by atoms with Crippen molar-refractivity contribution in [2.45, 2.75) is 12.5 Å². The van der Waals surface area contributed by atoms with Crippen LogP contribution < -0.4 is 14.8 Å². The first kappa shape index (κ1) is 21.8. The van der Waals surface area contributed by atoms with Crippen molar-refractivity contribution in [3.05, 3.63) is 77.7 Å². The maximum atomic E-state index is 13.9. The van der Waals surface area contributed by atoms with Gasteiger partial charge in [0, 0.05) is 23.2 Å². The van der Waals surface area contributed by atoms with Gasteiger partial charge in [-0.05, 0) is 53.4 Å². The molecule has 3 aromatic carbocycles. The van der Waals surface area contributed by atoms with E-state index in [0.29, 0.717) is 29.9 Å². The number of benzene rings is 3. The third-order valence-corrected chi connectivity index (χ3v) is 5.80. The number of fused-ring (bicyclic) bond motifs is 2. The van der Waals surface area contributed by atoms with E-state index < -0.39 is 17.8 Å². The number of nitrogens with one attached hydrogen (secondary N) is 2. The van der Waals surface area contributed by atoms with Crippen molar-refractivity contribution in [2.24, 2.45) is 0 Å². The first-order valence-corrected chi connectivity index (χ1v) is 10.9. The number of amides is 1. The summed E-state index contributed by atoms with van der Waals surface area (Å²) in [6, 6.07) is 14.2. The number of hydrogen-bond acceptors (Lipinski definition) is 5. The summed E-state index contributed by atoms with van der Waals surface area (Å²) < 4.78 is 25.3. The van der Waals surface area contributed by atoms with Gasteiger partial charge in [0.25, 0.3) is 5.91 Å². The summed E-state index contributed by atoms with van der Waals surface area (Å²) in [4.78, 5) is 16.5. The lowest BCUT2D eigenvalue weighted by atomic mass is 9.99. The zero-order chi connectivity index (χ0) is 23.7. The van der Waals surface area contributed by atoms with Crippen molar-refractivity contribution in [3.63, 3.8) is 0 Å². The molecule has 0 aliphatic carbocycles. The molecule has 1 aliphatic heterocycles. The number of aromatic amines is 1. The highest BCUT2D eigenvalue weighted by Gasteiger charge is 2.25. The van der Waals surface area contributed by atoms with Gasteiger partial charge in [-0.1, -0.05) is 18.2 Å². The number of para-hydroxylation sites is 1. The number of carbonyl (C=O) groups is 1. The molecular formula is C26H23FN2O5. The molecule has 0 fully saturated rings. The van der Waals surface area contributed by atoms with Gasteiger partial charge < -0.3 is 30.0 Å². The Labute approximate surface area is 194 Å². The lowest BCUT2D eigenvalue weighted by Crippen LogP contribution is -2.39. The molecule has 5 rings (SSSR count). The van der Waals surface area contributed by atoms with Crippen molar-refractivity contribution in [1.82, 2.24) is 10.3 Å². The number of aromatic hydroxyl groups is 1. The van der Waals surface area contributed by atoms with E-state index in [1.165, 1.54) is 12.1 Å². The van der Waals surface area contributed by atoms with Gasteiger partial charge in [0.15, 0.2) is 11.5 Å². The highest BCUT2D eigenvalue weighted by Crippen LogP contribution is 2.39. The lowest BCUT2D eigenvalue weighted by molar-refractivity contribution is 0.0906. The number of phenols is 1. The van der Waals surface area contributed by atoms with Crippen LogP contribution in [0.4, 0.5) is 4.39 Å². The molecule has 4 N–H and O–H groups in total. The Kier molecular flexibility index (Phi) is 5.81. The summed E-state index contributed by atoms with van der Waals surface area (Å²) in [5, 5.41) is 23.7. The normalized spacial score (nSPS) is 13.6. The maximum Gasteiger partial charge on any atom is 0.255 e. The number of aromatic nitrogens is 1. The summed E-state index contributed by atoms with van der Waals surface area (Å²) in [5.41, 5.74) is 3.03. The molecule has 0 bridgehead atoms. The molecule has 174 valence electrons. The molecule has 1 atom stereocenters. The second-order valence-electron chi connectivity index (χ2n) is 8.16. The van der Waals surface area contributed by atoms with Crippen molar-refractivity contribution < 1.29 is 28.9 Å². The number of H-pyrrole nitrogens is 1. The molecular weight excluding hydrogens is 439 g/mol. The quantitative estimate of drug-likeness (QED) is 0.349. The van der Waals surface area contributed by atoms with Crippen LogP contribution >= 0.6 is 0 Å². The molecule has 34 heavy (non-hydrogen) atoms. The maximum absolute atomic E-state index is 13.9. The predicted octanol–water partition coefficient (Wildman–Crippen LogP) is 3.78. The highest BCUT2D eigenvalue weighted by molar-refractivity contribution is 5.99. The summed E-state index contributed by atoms with van der Waals surface area (Å²) in [6.45, 7) is 0.333. The first-order valence-electron chi connectivity index (χ1n) is 10.9. The van der Waals surface area contributed by atoms with Crippen LogP contribution in [0, 0.1) is 5.82 Å². The van der Waals surface area contributed by atoms with Crippen molar-refractivity contribution in [1.29, 1.82) is 0 Å². The number of aliphatic hydroxyl groups is 1. The summed E-state index contributed by atoms with van der Waals surface area (Å²) in [5.74, 6) is -0.639. The van der Waals surface area contributed by atoms with Crippen LogP contribution in [0.1, 0.15) is 15.9 Å². The van der Waals surface area contributed by atoms with Crippen LogP contribution in [0.15, 0.2) is 60.8 Å². The van der Waals surface area contributed by atoms with Gasteiger partial charge in [-0.25, -0.2) is 4.39 Å². The van der Waals surface area contributed by atoms with Gasteiger partial charge >= 0.3 is 0 Å². The molecule has 0 saturated heterocycles. The SMILES string of the molecule is O=C(N[C@@H](CO)Cc1c[nH]c2ccccc12)c1cc(-c2cc(O)cc(F)c2)cc2c1OCCO2. The first-order chi connectivity index (χ1) is 16.5. The molecule has 1 amide bonds. The van der Waals surface area contributed by atoms with Crippen molar-refractivity contribution in [2.75, 3.05) is 19.8 Å². The molecule has 8 heteroatoms. The molecule has 0 spiro atoms. The number of carbonyl (C=O) groups excluding carboxylic acids is 1. The van der Waals surface area contributed by atoms with E-state index in [1.54, 1.807) is 12.1 Å². The molecule has 0 unspecified atom stereocenters. The van der Waals surface area contributed by atoms with E-state index in [2.05, 4.69) is 10.3 Å². The highest BCUT2D eigenvalue weighted by atomic mass is 19.1. The summed E-state index contributed by atoms with van der Waals surface area (Å²) in [6.07, 6.45) is 2.29. The van der Waals surface area contributed by atoms with E-state index in [0.717, 1.165) is 22.5 Å². The third kappa shape index (κ3) is 4.27.